The summed E-state index contributed by atoms with van der Waals surface area (Å²) in [6.45, 7) is 1.65. The first-order valence-corrected chi connectivity index (χ1v) is 6.46. The molecule has 1 fully saturated rings. The molecule has 1 aliphatic rings. The quantitative estimate of drug-likeness (QED) is 0.797. The zero-order valence-corrected chi connectivity index (χ0v) is 11.4. The van der Waals surface area contributed by atoms with Crippen LogP contribution in [0.5, 0.6) is 0 Å². The van der Waals surface area contributed by atoms with Crippen LogP contribution in [0.25, 0.3) is 0 Å². The van der Waals surface area contributed by atoms with Crippen LogP contribution in [0.1, 0.15) is 16.8 Å². The molecule has 0 aromatic heterocycles. The lowest BCUT2D eigenvalue weighted by atomic mass is 9.99. The maximum absolute atomic E-state index is 11.8. The van der Waals surface area contributed by atoms with E-state index in [-0.39, 0.29) is 27.2 Å². The smallest absolute Gasteiger partial charge is 0.335 e. The third kappa shape index (κ3) is 3.37. The number of carboxylic acid groups (broad SMARTS) is 1. The zero-order valence-electron chi connectivity index (χ0n) is 9.87. The molecule has 0 spiro atoms. The first kappa shape index (κ1) is 14.1. The fraction of sp³-hybridized carbons (Fsp3) is 0.333. The average Bonchev–Trinajstić information content (AvgIpc) is 2.28. The van der Waals surface area contributed by atoms with Gasteiger partial charge in [-0.15, -0.1) is 0 Å². The van der Waals surface area contributed by atoms with E-state index >= 15 is 0 Å². The fourth-order valence-corrected chi connectivity index (χ4v) is 2.34. The van der Waals surface area contributed by atoms with E-state index in [4.69, 9.17) is 28.3 Å². The largest absolute Gasteiger partial charge is 0.478 e. The van der Waals surface area contributed by atoms with Crippen LogP contribution in [-0.2, 0) is 4.79 Å². The van der Waals surface area contributed by atoms with Crippen molar-refractivity contribution in [2.24, 2.45) is 5.92 Å². The topological polar surface area (TPSA) is 78.4 Å². The van der Waals surface area contributed by atoms with Gasteiger partial charge in [-0.1, -0.05) is 23.2 Å². The minimum Gasteiger partial charge on any atom is -0.478 e. The highest BCUT2D eigenvalue weighted by Crippen LogP contribution is 2.32. The van der Waals surface area contributed by atoms with E-state index in [1.54, 1.807) is 0 Å². The summed E-state index contributed by atoms with van der Waals surface area (Å²) >= 11 is 11.9. The molecule has 0 bridgehead atoms. The summed E-state index contributed by atoms with van der Waals surface area (Å²) in [5.41, 5.74) is 0.238. The number of hydrogen-bond donors (Lipinski definition) is 3. The maximum Gasteiger partial charge on any atom is 0.335 e. The van der Waals surface area contributed by atoms with E-state index in [2.05, 4.69) is 10.6 Å². The average molecular weight is 303 g/mol. The Kier molecular flexibility index (Phi) is 4.29. The molecule has 1 saturated heterocycles. The number of benzene rings is 1. The van der Waals surface area contributed by atoms with Gasteiger partial charge in [0, 0.05) is 6.42 Å². The van der Waals surface area contributed by atoms with E-state index in [9.17, 15) is 9.59 Å². The van der Waals surface area contributed by atoms with Gasteiger partial charge in [0.15, 0.2) is 0 Å². The van der Waals surface area contributed by atoms with Crippen molar-refractivity contribution < 1.29 is 14.7 Å². The SMILES string of the molecule is O=C(CC1CNC1)Nc1c(Cl)cc(C(=O)O)cc1Cl. The van der Waals surface area contributed by atoms with Gasteiger partial charge < -0.3 is 15.7 Å². The third-order valence-electron chi connectivity index (χ3n) is 2.89. The van der Waals surface area contributed by atoms with Crippen LogP contribution in [0, 0.1) is 5.92 Å². The summed E-state index contributed by atoms with van der Waals surface area (Å²) in [6, 6.07) is 2.52. The Balaban J connectivity index is 2.11. The molecular weight excluding hydrogens is 291 g/mol. The summed E-state index contributed by atoms with van der Waals surface area (Å²) in [4.78, 5) is 22.6. The normalized spacial score (nSPS) is 14.8. The van der Waals surface area contributed by atoms with Gasteiger partial charge in [-0.3, -0.25) is 4.79 Å². The van der Waals surface area contributed by atoms with Crippen molar-refractivity contribution in [2.75, 3.05) is 18.4 Å². The Morgan fingerprint density at radius 2 is 1.89 bits per heavy atom. The number of amides is 1. The molecule has 0 saturated carbocycles. The van der Waals surface area contributed by atoms with Crippen molar-refractivity contribution in [3.05, 3.63) is 27.7 Å². The molecular formula is C12H12Cl2N2O3. The van der Waals surface area contributed by atoms with E-state index in [0.717, 1.165) is 13.1 Å². The summed E-state index contributed by atoms with van der Waals surface area (Å²) < 4.78 is 0. The Hall–Kier alpha value is -1.30. The molecule has 1 amide bonds. The van der Waals surface area contributed by atoms with Gasteiger partial charge in [-0.05, 0) is 31.1 Å². The van der Waals surface area contributed by atoms with Crippen LogP contribution in [0.15, 0.2) is 12.1 Å². The maximum atomic E-state index is 11.8. The van der Waals surface area contributed by atoms with Gasteiger partial charge in [0.2, 0.25) is 5.91 Å². The number of aromatic carboxylic acids is 1. The lowest BCUT2D eigenvalue weighted by Gasteiger charge is -2.26. The molecule has 7 heteroatoms. The number of carbonyl (C=O) groups excluding carboxylic acids is 1. The second-order valence-corrected chi connectivity index (χ2v) is 5.21. The first-order chi connectivity index (χ1) is 8.97. The molecule has 3 N–H and O–H groups in total. The lowest BCUT2D eigenvalue weighted by molar-refractivity contribution is -0.117. The van der Waals surface area contributed by atoms with Crippen molar-refractivity contribution in [1.82, 2.24) is 5.32 Å². The van der Waals surface area contributed by atoms with Crippen LogP contribution in [0.2, 0.25) is 10.0 Å². The highest BCUT2D eigenvalue weighted by molar-refractivity contribution is 6.40. The Morgan fingerprint density at radius 1 is 1.32 bits per heavy atom. The third-order valence-corrected chi connectivity index (χ3v) is 3.49. The number of carbonyl (C=O) groups is 2. The summed E-state index contributed by atoms with van der Waals surface area (Å²) in [7, 11) is 0. The van der Waals surface area contributed by atoms with Crippen molar-refractivity contribution in [3.8, 4) is 0 Å². The highest BCUT2D eigenvalue weighted by Gasteiger charge is 2.21. The zero-order chi connectivity index (χ0) is 14.0. The van der Waals surface area contributed by atoms with Gasteiger partial charge >= 0.3 is 5.97 Å². The summed E-state index contributed by atoms with van der Waals surface area (Å²) in [5, 5.41) is 14.8. The molecule has 1 heterocycles. The van der Waals surface area contributed by atoms with Gasteiger partial charge in [0.25, 0.3) is 0 Å². The van der Waals surface area contributed by atoms with Gasteiger partial charge in [-0.2, -0.15) is 0 Å². The first-order valence-electron chi connectivity index (χ1n) is 5.70. The number of carboxylic acids is 1. The molecule has 19 heavy (non-hydrogen) atoms. The minimum atomic E-state index is -1.12. The minimum absolute atomic E-state index is 0.0174. The lowest BCUT2D eigenvalue weighted by Crippen LogP contribution is -2.43. The molecule has 5 nitrogen and oxygen atoms in total. The van der Waals surface area contributed by atoms with Gasteiger partial charge in [-0.25, -0.2) is 4.79 Å². The van der Waals surface area contributed by atoms with Crippen LogP contribution in [0.4, 0.5) is 5.69 Å². The fourth-order valence-electron chi connectivity index (χ4n) is 1.76. The van der Waals surface area contributed by atoms with Crippen molar-refractivity contribution >= 4 is 40.8 Å². The predicted molar refractivity (Wildman–Crippen MR) is 73.0 cm³/mol. The van der Waals surface area contributed by atoms with Crippen molar-refractivity contribution in [1.29, 1.82) is 0 Å². The summed E-state index contributed by atoms with van der Waals surface area (Å²) in [5.74, 6) is -0.976. The molecule has 102 valence electrons. The van der Waals surface area contributed by atoms with Crippen LogP contribution in [0.3, 0.4) is 0 Å². The van der Waals surface area contributed by atoms with E-state index in [0.29, 0.717) is 12.3 Å². The Morgan fingerprint density at radius 3 is 2.32 bits per heavy atom. The number of nitrogens with one attached hydrogen (secondary N) is 2. The van der Waals surface area contributed by atoms with E-state index in [1.165, 1.54) is 12.1 Å². The number of hydrogen-bond acceptors (Lipinski definition) is 3. The van der Waals surface area contributed by atoms with Crippen LogP contribution < -0.4 is 10.6 Å². The number of anilines is 1. The molecule has 0 unspecified atom stereocenters. The second kappa shape index (κ2) is 5.77. The number of halogens is 2. The predicted octanol–water partition coefficient (Wildman–Crippen LogP) is 2.24. The molecule has 0 radical (unpaired) electrons. The molecule has 2 rings (SSSR count). The van der Waals surface area contributed by atoms with Crippen molar-refractivity contribution in [2.45, 2.75) is 6.42 Å². The van der Waals surface area contributed by atoms with E-state index in [1.807, 2.05) is 0 Å². The standard InChI is InChI=1S/C12H12Cl2N2O3/c13-8-2-7(12(18)19)3-9(14)11(8)16-10(17)1-6-4-15-5-6/h2-3,6,15H,1,4-5H2,(H,16,17)(H,18,19). The van der Waals surface area contributed by atoms with E-state index < -0.39 is 5.97 Å². The molecule has 1 aromatic rings. The molecule has 0 atom stereocenters. The molecule has 1 aromatic carbocycles. The number of rotatable bonds is 4. The molecule has 0 aliphatic carbocycles. The van der Waals surface area contributed by atoms with Crippen molar-refractivity contribution in [3.63, 3.8) is 0 Å². The Bertz CT molecular complexity index is 507. The van der Waals surface area contributed by atoms with Gasteiger partial charge in [0.05, 0.1) is 21.3 Å². The van der Waals surface area contributed by atoms with Crippen LogP contribution >= 0.6 is 23.2 Å². The van der Waals surface area contributed by atoms with Crippen LogP contribution in [-0.4, -0.2) is 30.1 Å². The Labute approximate surface area is 119 Å². The summed E-state index contributed by atoms with van der Waals surface area (Å²) in [6.07, 6.45) is 0.389. The molecule has 1 aliphatic heterocycles. The highest BCUT2D eigenvalue weighted by atomic mass is 35.5. The van der Waals surface area contributed by atoms with Gasteiger partial charge in [0.1, 0.15) is 0 Å². The monoisotopic (exact) mass is 302 g/mol. The second-order valence-electron chi connectivity index (χ2n) is 4.40.